The molecule has 1 fully saturated rings. The first kappa shape index (κ1) is 16.7. The van der Waals surface area contributed by atoms with Crippen LogP contribution in [0, 0.1) is 0 Å². The normalized spacial score (nSPS) is 15.5. The van der Waals surface area contributed by atoms with Gasteiger partial charge in [-0.3, -0.25) is 9.69 Å². The Kier molecular flexibility index (Phi) is 4.44. The number of para-hydroxylation sites is 1. The van der Waals surface area contributed by atoms with Crippen molar-refractivity contribution in [1.29, 1.82) is 0 Å². The fourth-order valence-corrected chi connectivity index (χ4v) is 3.33. The second kappa shape index (κ2) is 6.89. The van der Waals surface area contributed by atoms with Gasteiger partial charge in [0, 0.05) is 32.2 Å². The van der Waals surface area contributed by atoms with Gasteiger partial charge in [-0.25, -0.2) is 9.97 Å². The average molecular weight is 372 g/mol. The van der Waals surface area contributed by atoms with Gasteiger partial charge in [0.2, 0.25) is 5.95 Å². The first-order chi connectivity index (χ1) is 12.6. The largest absolute Gasteiger partial charge is 0.368 e. The van der Waals surface area contributed by atoms with E-state index in [4.69, 9.17) is 17.3 Å². The van der Waals surface area contributed by atoms with Crippen LogP contribution in [-0.4, -0.2) is 51.0 Å². The van der Waals surface area contributed by atoms with Gasteiger partial charge in [0.05, 0.1) is 17.4 Å². The number of halogens is 1. The zero-order valence-corrected chi connectivity index (χ0v) is 14.8. The van der Waals surface area contributed by atoms with E-state index in [-0.39, 0.29) is 11.5 Å². The number of aromatic amines is 1. The monoisotopic (exact) mass is 371 g/mol. The number of fused-ring (bicyclic) bond motifs is 1. The number of rotatable bonds is 3. The van der Waals surface area contributed by atoms with Crippen LogP contribution in [0.4, 0.5) is 11.8 Å². The first-order valence-corrected chi connectivity index (χ1v) is 8.71. The van der Waals surface area contributed by atoms with Gasteiger partial charge in [-0.05, 0) is 12.1 Å². The molecule has 9 heteroatoms. The Morgan fingerprint density at radius 1 is 1.12 bits per heavy atom. The van der Waals surface area contributed by atoms with Crippen molar-refractivity contribution in [2.45, 2.75) is 6.54 Å². The lowest BCUT2D eigenvalue weighted by Crippen LogP contribution is -2.46. The van der Waals surface area contributed by atoms with Crippen LogP contribution in [0.5, 0.6) is 0 Å². The van der Waals surface area contributed by atoms with Gasteiger partial charge in [0.15, 0.2) is 0 Å². The minimum Gasteiger partial charge on any atom is -0.368 e. The molecule has 0 bridgehead atoms. The summed E-state index contributed by atoms with van der Waals surface area (Å²) in [5.41, 5.74) is 6.29. The summed E-state index contributed by atoms with van der Waals surface area (Å²) in [5.74, 6) is 1.59. The topological polar surface area (TPSA) is 104 Å². The number of piperazine rings is 1. The smallest absolute Gasteiger partial charge is 0.258 e. The summed E-state index contributed by atoms with van der Waals surface area (Å²) >= 11 is 5.96. The van der Waals surface area contributed by atoms with Crippen LogP contribution in [0.3, 0.4) is 0 Å². The summed E-state index contributed by atoms with van der Waals surface area (Å²) in [6.45, 7) is 3.80. The van der Waals surface area contributed by atoms with E-state index in [1.807, 2.05) is 18.2 Å². The molecular formula is C17H18ClN7O. The third-order valence-electron chi connectivity index (χ3n) is 4.43. The summed E-state index contributed by atoms with van der Waals surface area (Å²) in [6.07, 6.45) is 0. The van der Waals surface area contributed by atoms with Crippen LogP contribution < -0.4 is 16.2 Å². The molecular weight excluding hydrogens is 354 g/mol. The van der Waals surface area contributed by atoms with E-state index < -0.39 is 0 Å². The Balaban J connectivity index is 1.45. The first-order valence-electron chi connectivity index (χ1n) is 8.34. The second-order valence-electron chi connectivity index (χ2n) is 6.20. The van der Waals surface area contributed by atoms with E-state index in [1.54, 1.807) is 12.1 Å². The number of nitrogens with one attached hydrogen (secondary N) is 1. The number of benzene rings is 1. The molecule has 0 atom stereocenters. The third kappa shape index (κ3) is 3.47. The van der Waals surface area contributed by atoms with Crippen molar-refractivity contribution in [3.63, 3.8) is 0 Å². The van der Waals surface area contributed by atoms with Crippen molar-refractivity contribution >= 4 is 34.3 Å². The third-order valence-corrected chi connectivity index (χ3v) is 4.62. The van der Waals surface area contributed by atoms with Gasteiger partial charge in [0.25, 0.3) is 5.56 Å². The molecule has 1 saturated heterocycles. The van der Waals surface area contributed by atoms with Crippen LogP contribution in [-0.2, 0) is 6.54 Å². The summed E-state index contributed by atoms with van der Waals surface area (Å²) in [4.78, 5) is 32.1. The Labute approximate surface area is 154 Å². The highest BCUT2D eigenvalue weighted by Crippen LogP contribution is 2.19. The molecule has 0 aliphatic carbocycles. The highest BCUT2D eigenvalue weighted by atomic mass is 35.5. The molecule has 4 rings (SSSR count). The molecule has 0 amide bonds. The van der Waals surface area contributed by atoms with Gasteiger partial charge >= 0.3 is 0 Å². The maximum absolute atomic E-state index is 12.2. The van der Waals surface area contributed by atoms with Crippen LogP contribution in [0.2, 0.25) is 5.15 Å². The molecule has 0 radical (unpaired) electrons. The summed E-state index contributed by atoms with van der Waals surface area (Å²) in [5, 5.41) is 0.951. The molecule has 2 aromatic heterocycles. The Morgan fingerprint density at radius 2 is 1.88 bits per heavy atom. The number of nitrogens with zero attached hydrogens (tertiary/aromatic N) is 5. The number of hydrogen-bond donors (Lipinski definition) is 2. The number of nitrogens with two attached hydrogens (primary N) is 1. The lowest BCUT2D eigenvalue weighted by molar-refractivity contribution is 0.243. The van der Waals surface area contributed by atoms with Crippen molar-refractivity contribution < 1.29 is 0 Å². The molecule has 3 aromatic rings. The van der Waals surface area contributed by atoms with Crippen molar-refractivity contribution in [2.75, 3.05) is 36.8 Å². The van der Waals surface area contributed by atoms with E-state index in [1.165, 1.54) is 0 Å². The van der Waals surface area contributed by atoms with Crippen LogP contribution in [0.25, 0.3) is 10.9 Å². The number of nitrogen functional groups attached to an aromatic ring is 1. The van der Waals surface area contributed by atoms with Crippen molar-refractivity contribution in [2.24, 2.45) is 0 Å². The highest BCUT2D eigenvalue weighted by molar-refractivity contribution is 6.29. The van der Waals surface area contributed by atoms with Crippen LogP contribution >= 0.6 is 11.6 Å². The molecule has 0 unspecified atom stereocenters. The highest BCUT2D eigenvalue weighted by Gasteiger charge is 2.20. The molecule has 0 spiro atoms. The molecule has 134 valence electrons. The van der Waals surface area contributed by atoms with E-state index in [2.05, 4.69) is 29.7 Å². The van der Waals surface area contributed by atoms with E-state index in [0.717, 1.165) is 37.5 Å². The number of aromatic nitrogens is 4. The van der Waals surface area contributed by atoms with Crippen molar-refractivity contribution in [3.05, 3.63) is 51.7 Å². The summed E-state index contributed by atoms with van der Waals surface area (Å²) in [7, 11) is 0. The number of H-pyrrole nitrogens is 1. The van der Waals surface area contributed by atoms with E-state index in [9.17, 15) is 4.79 Å². The molecule has 3 heterocycles. The fraction of sp³-hybridized carbons (Fsp3) is 0.294. The van der Waals surface area contributed by atoms with E-state index in [0.29, 0.717) is 22.9 Å². The van der Waals surface area contributed by atoms with E-state index >= 15 is 0 Å². The number of anilines is 2. The van der Waals surface area contributed by atoms with Crippen molar-refractivity contribution in [1.82, 2.24) is 24.8 Å². The van der Waals surface area contributed by atoms with Gasteiger partial charge in [0.1, 0.15) is 16.8 Å². The summed E-state index contributed by atoms with van der Waals surface area (Å²) in [6, 6.07) is 9.08. The lowest BCUT2D eigenvalue weighted by atomic mass is 10.2. The maximum Gasteiger partial charge on any atom is 0.258 e. The Morgan fingerprint density at radius 3 is 2.65 bits per heavy atom. The zero-order valence-electron chi connectivity index (χ0n) is 14.0. The Hall–Kier alpha value is -2.71. The molecule has 3 N–H and O–H groups in total. The molecule has 8 nitrogen and oxygen atoms in total. The standard InChI is InChI=1S/C17H18ClN7O/c18-13-9-15(23-17(19)21-13)25-7-5-24(6-8-25)10-14-20-12-4-2-1-3-11(12)16(26)22-14/h1-4,9H,5-8,10H2,(H2,19,21,23)(H,20,22,26). The molecule has 0 saturated carbocycles. The minimum atomic E-state index is -0.102. The average Bonchev–Trinajstić information content (AvgIpc) is 2.61. The second-order valence-corrected chi connectivity index (χ2v) is 6.59. The van der Waals surface area contributed by atoms with Gasteiger partial charge in [-0.2, -0.15) is 4.98 Å². The molecule has 26 heavy (non-hydrogen) atoms. The van der Waals surface area contributed by atoms with Gasteiger partial charge in [-0.15, -0.1) is 0 Å². The molecule has 1 aliphatic rings. The summed E-state index contributed by atoms with van der Waals surface area (Å²) < 4.78 is 0. The maximum atomic E-state index is 12.2. The fourth-order valence-electron chi connectivity index (χ4n) is 3.14. The predicted molar refractivity (Wildman–Crippen MR) is 101 cm³/mol. The molecule has 1 aliphatic heterocycles. The zero-order chi connectivity index (χ0) is 18.1. The molecule has 1 aromatic carbocycles. The van der Waals surface area contributed by atoms with Crippen LogP contribution in [0.1, 0.15) is 5.82 Å². The van der Waals surface area contributed by atoms with Crippen molar-refractivity contribution in [3.8, 4) is 0 Å². The predicted octanol–water partition coefficient (Wildman–Crippen LogP) is 1.27. The lowest BCUT2D eigenvalue weighted by Gasteiger charge is -2.35. The number of hydrogen-bond acceptors (Lipinski definition) is 7. The minimum absolute atomic E-state index is 0.102. The van der Waals surface area contributed by atoms with Gasteiger partial charge < -0.3 is 15.6 Å². The van der Waals surface area contributed by atoms with Crippen LogP contribution in [0.15, 0.2) is 35.1 Å². The SMILES string of the molecule is Nc1nc(Cl)cc(N2CCN(Cc3nc4ccccc4c(=O)[nH]3)CC2)n1. The quantitative estimate of drug-likeness (QED) is 0.668. The Bertz CT molecular complexity index is 978. The van der Waals surface area contributed by atoms with Gasteiger partial charge in [-0.1, -0.05) is 23.7 Å².